The standard InChI is InChI=1S/C8H13N.3C2H4O2/c1-2-3-4-5-6-7-8-9;3*1-2(3)4/h5-7,9H,2-4H2,1H3;3*1H3,(H,3,4)/b6-5+;;;. The maximum Gasteiger partial charge on any atom is 0.300 e. The van der Waals surface area contributed by atoms with Gasteiger partial charge in [-0.2, -0.15) is 0 Å². The first-order chi connectivity index (χ1) is 9.61. The molecule has 0 aromatic heterocycles. The molecular formula is C14H25NO6. The summed E-state index contributed by atoms with van der Waals surface area (Å²) in [6.45, 7) is 5.42. The number of unbranched alkanes of at least 4 members (excludes halogenated alkanes) is 2. The number of carboxylic acids is 3. The molecular weight excluding hydrogens is 278 g/mol. The molecule has 0 aromatic carbocycles. The minimum Gasteiger partial charge on any atom is -0.481 e. The lowest BCUT2D eigenvalue weighted by atomic mass is 10.2. The molecule has 0 amide bonds. The van der Waals surface area contributed by atoms with Crippen molar-refractivity contribution in [2.24, 2.45) is 0 Å². The SMILES string of the molecule is CC(=O)O.CC(=O)O.CC(=O)O.CCCC/C=C/C=C=N. The highest BCUT2D eigenvalue weighted by atomic mass is 16.4. The fraction of sp³-hybridized carbons (Fsp3) is 0.500. The van der Waals surface area contributed by atoms with Crippen LogP contribution in [0, 0.1) is 5.41 Å². The predicted molar refractivity (Wildman–Crippen MR) is 80.9 cm³/mol. The highest BCUT2D eigenvalue weighted by molar-refractivity contribution is 5.63. The summed E-state index contributed by atoms with van der Waals surface area (Å²) in [6.07, 6.45) is 9.12. The van der Waals surface area contributed by atoms with E-state index in [1.807, 2.05) is 6.08 Å². The van der Waals surface area contributed by atoms with Gasteiger partial charge in [0.1, 0.15) is 0 Å². The Balaban J connectivity index is -0.000000102. The molecule has 7 nitrogen and oxygen atoms in total. The number of carboxylic acid groups (broad SMARTS) is 3. The molecule has 0 heterocycles. The van der Waals surface area contributed by atoms with E-state index in [1.54, 1.807) is 6.08 Å². The van der Waals surface area contributed by atoms with Crippen LogP contribution in [0.25, 0.3) is 0 Å². The van der Waals surface area contributed by atoms with Crippen LogP contribution in [0.15, 0.2) is 18.2 Å². The minimum atomic E-state index is -0.833. The Kier molecular flexibility index (Phi) is 33.7. The first-order valence-corrected chi connectivity index (χ1v) is 6.10. The van der Waals surface area contributed by atoms with E-state index in [0.717, 1.165) is 27.2 Å². The molecule has 0 bridgehead atoms. The van der Waals surface area contributed by atoms with Crippen molar-refractivity contribution in [3.8, 4) is 0 Å². The molecule has 0 saturated heterocycles. The van der Waals surface area contributed by atoms with Gasteiger partial charge in [-0.25, -0.2) is 0 Å². The molecule has 0 aliphatic rings. The lowest BCUT2D eigenvalue weighted by Crippen LogP contribution is -1.78. The first kappa shape index (κ1) is 27.0. The van der Waals surface area contributed by atoms with E-state index in [-0.39, 0.29) is 0 Å². The summed E-state index contributed by atoms with van der Waals surface area (Å²) in [4.78, 5) is 27.0. The van der Waals surface area contributed by atoms with Crippen molar-refractivity contribution < 1.29 is 29.7 Å². The summed E-state index contributed by atoms with van der Waals surface area (Å²) < 4.78 is 0. The van der Waals surface area contributed by atoms with Crippen LogP contribution >= 0.6 is 0 Å². The molecule has 0 radical (unpaired) electrons. The van der Waals surface area contributed by atoms with Gasteiger partial charge in [0.2, 0.25) is 0 Å². The van der Waals surface area contributed by atoms with Crippen molar-refractivity contribution in [1.29, 1.82) is 5.41 Å². The van der Waals surface area contributed by atoms with Gasteiger partial charge < -0.3 is 15.3 Å². The molecule has 7 heteroatoms. The number of hydrogen-bond donors (Lipinski definition) is 4. The lowest BCUT2D eigenvalue weighted by molar-refractivity contribution is -0.135. The van der Waals surface area contributed by atoms with Gasteiger partial charge in [-0.1, -0.05) is 31.9 Å². The summed E-state index contributed by atoms with van der Waals surface area (Å²) in [5.74, 6) is -0.317. The van der Waals surface area contributed by atoms with Crippen LogP contribution in [0.1, 0.15) is 47.0 Å². The highest BCUT2D eigenvalue weighted by Crippen LogP contribution is 1.93. The molecule has 0 saturated carbocycles. The highest BCUT2D eigenvalue weighted by Gasteiger charge is 1.74. The second kappa shape index (κ2) is 26.2. The Morgan fingerprint density at radius 3 is 1.57 bits per heavy atom. The topological polar surface area (TPSA) is 136 Å². The molecule has 0 rings (SSSR count). The monoisotopic (exact) mass is 303 g/mol. The fourth-order valence-electron chi connectivity index (χ4n) is 0.534. The zero-order valence-electron chi connectivity index (χ0n) is 12.9. The van der Waals surface area contributed by atoms with Crippen molar-refractivity contribution in [1.82, 2.24) is 0 Å². The van der Waals surface area contributed by atoms with Crippen molar-refractivity contribution in [3.05, 3.63) is 18.2 Å². The van der Waals surface area contributed by atoms with Crippen molar-refractivity contribution in [3.63, 3.8) is 0 Å². The summed E-state index contributed by atoms with van der Waals surface area (Å²) >= 11 is 0. The van der Waals surface area contributed by atoms with Gasteiger partial charge in [0.25, 0.3) is 17.9 Å². The average Bonchev–Trinajstić information content (AvgIpc) is 2.26. The summed E-state index contributed by atoms with van der Waals surface area (Å²) in [6, 6.07) is 0. The van der Waals surface area contributed by atoms with Gasteiger partial charge in [-0.15, -0.1) is 0 Å². The van der Waals surface area contributed by atoms with Gasteiger partial charge in [0, 0.05) is 20.8 Å². The average molecular weight is 303 g/mol. The molecule has 122 valence electrons. The van der Waals surface area contributed by atoms with E-state index in [2.05, 4.69) is 18.9 Å². The Morgan fingerprint density at radius 1 is 1.00 bits per heavy atom. The van der Waals surface area contributed by atoms with Crippen LogP contribution in [0.4, 0.5) is 0 Å². The Hall–Kier alpha value is -2.40. The molecule has 0 aliphatic carbocycles. The third-order valence-corrected chi connectivity index (χ3v) is 1.04. The molecule has 0 fully saturated rings. The van der Waals surface area contributed by atoms with E-state index in [9.17, 15) is 0 Å². The zero-order valence-corrected chi connectivity index (χ0v) is 12.9. The van der Waals surface area contributed by atoms with Crippen LogP contribution in [-0.4, -0.2) is 39.1 Å². The quantitative estimate of drug-likeness (QED) is 0.358. The molecule has 0 unspecified atom stereocenters. The van der Waals surface area contributed by atoms with Crippen LogP contribution in [0.3, 0.4) is 0 Å². The number of aliphatic carboxylic acids is 3. The molecule has 0 aliphatic heterocycles. The predicted octanol–water partition coefficient (Wildman–Crippen LogP) is 2.81. The maximum atomic E-state index is 9.00. The third kappa shape index (κ3) is 330. The van der Waals surface area contributed by atoms with E-state index >= 15 is 0 Å². The molecule has 0 atom stereocenters. The number of rotatable bonds is 4. The van der Waals surface area contributed by atoms with E-state index < -0.39 is 17.9 Å². The van der Waals surface area contributed by atoms with Crippen molar-refractivity contribution in [2.45, 2.75) is 47.0 Å². The number of hydrogen-bond acceptors (Lipinski definition) is 4. The third-order valence-electron chi connectivity index (χ3n) is 1.04. The summed E-state index contributed by atoms with van der Waals surface area (Å²) in [5.41, 5.74) is 0. The lowest BCUT2D eigenvalue weighted by Gasteiger charge is -1.84. The molecule has 0 aromatic rings. The second-order valence-corrected chi connectivity index (χ2v) is 3.44. The number of nitrogens with one attached hydrogen (secondary N) is 1. The van der Waals surface area contributed by atoms with Crippen LogP contribution in [0.2, 0.25) is 0 Å². The Labute approximate surface area is 125 Å². The van der Waals surface area contributed by atoms with Gasteiger partial charge >= 0.3 is 0 Å². The number of carbonyl (C=O) groups is 3. The fourth-order valence-corrected chi connectivity index (χ4v) is 0.534. The van der Waals surface area contributed by atoms with E-state index in [4.69, 9.17) is 35.1 Å². The minimum absolute atomic E-state index is 0.833. The second-order valence-electron chi connectivity index (χ2n) is 3.44. The van der Waals surface area contributed by atoms with Gasteiger partial charge in [-0.05, 0) is 18.4 Å². The van der Waals surface area contributed by atoms with Crippen molar-refractivity contribution in [2.75, 3.05) is 0 Å². The maximum absolute atomic E-state index is 9.00. The summed E-state index contributed by atoms with van der Waals surface area (Å²) in [7, 11) is 0. The van der Waals surface area contributed by atoms with E-state index in [0.29, 0.717) is 0 Å². The largest absolute Gasteiger partial charge is 0.481 e. The van der Waals surface area contributed by atoms with E-state index in [1.165, 1.54) is 12.8 Å². The molecule has 21 heavy (non-hydrogen) atoms. The van der Waals surface area contributed by atoms with Crippen LogP contribution in [0.5, 0.6) is 0 Å². The van der Waals surface area contributed by atoms with Crippen LogP contribution < -0.4 is 0 Å². The summed E-state index contributed by atoms with van der Waals surface area (Å²) in [5, 5.41) is 28.8. The first-order valence-electron chi connectivity index (χ1n) is 6.10. The Morgan fingerprint density at radius 2 is 1.33 bits per heavy atom. The molecule has 0 spiro atoms. The zero-order chi connectivity index (χ0) is 17.7. The van der Waals surface area contributed by atoms with Crippen LogP contribution in [-0.2, 0) is 14.4 Å². The van der Waals surface area contributed by atoms with Crippen molar-refractivity contribution >= 4 is 23.8 Å². The Bertz CT molecular complexity index is 303. The normalized spacial score (nSPS) is 7.62. The molecule has 4 N–H and O–H groups in total. The van der Waals surface area contributed by atoms with Gasteiger partial charge in [0.05, 0.1) is 0 Å². The van der Waals surface area contributed by atoms with Gasteiger partial charge in [-0.3, -0.25) is 19.8 Å². The number of allylic oxidation sites excluding steroid dienone is 3. The smallest absolute Gasteiger partial charge is 0.300 e. The van der Waals surface area contributed by atoms with Gasteiger partial charge in [0.15, 0.2) is 0 Å².